The van der Waals surface area contributed by atoms with E-state index in [1.165, 1.54) is 25.0 Å². The molecule has 2 aromatic rings. The largest absolute Gasteiger partial charge is 0.375 e. The zero-order valence-electron chi connectivity index (χ0n) is 13.8. The average molecular weight is 392 g/mol. The number of methoxy groups -OCH3 is 1. The van der Waals surface area contributed by atoms with E-state index in [9.17, 15) is 13.6 Å². The fraction of sp³-hybridized carbons (Fsp3) is 0.375. The van der Waals surface area contributed by atoms with Gasteiger partial charge in [-0.05, 0) is 19.1 Å². The summed E-state index contributed by atoms with van der Waals surface area (Å²) in [4.78, 5) is 12.4. The van der Waals surface area contributed by atoms with Crippen LogP contribution in [-0.2, 0) is 11.8 Å². The summed E-state index contributed by atoms with van der Waals surface area (Å²) in [7, 11) is 2.93. The molecule has 136 valence electrons. The number of carbonyl (C=O) groups is 1. The lowest BCUT2D eigenvalue weighted by Gasteiger charge is -2.25. The van der Waals surface area contributed by atoms with E-state index < -0.39 is 30.2 Å². The van der Waals surface area contributed by atoms with Crippen LogP contribution in [-0.4, -0.2) is 28.8 Å². The third-order valence-corrected chi connectivity index (χ3v) is 4.21. The minimum absolute atomic E-state index is 0.179. The molecule has 0 radical (unpaired) electrons. The van der Waals surface area contributed by atoms with Gasteiger partial charge in [0.1, 0.15) is 11.8 Å². The second kappa shape index (κ2) is 8.12. The first-order valence-corrected chi connectivity index (χ1v) is 8.10. The lowest BCUT2D eigenvalue weighted by atomic mass is 10.0. The maximum absolute atomic E-state index is 13.0. The van der Waals surface area contributed by atoms with Crippen molar-refractivity contribution in [3.05, 3.63) is 51.3 Å². The zero-order valence-corrected chi connectivity index (χ0v) is 15.3. The van der Waals surface area contributed by atoms with E-state index in [2.05, 4.69) is 10.4 Å². The van der Waals surface area contributed by atoms with Gasteiger partial charge in [-0.2, -0.15) is 5.10 Å². The molecule has 2 atom stereocenters. The third kappa shape index (κ3) is 4.48. The van der Waals surface area contributed by atoms with E-state index in [0.29, 0.717) is 15.6 Å². The van der Waals surface area contributed by atoms with Crippen molar-refractivity contribution in [3.63, 3.8) is 0 Å². The summed E-state index contributed by atoms with van der Waals surface area (Å²) < 4.78 is 32.6. The molecule has 1 amide bonds. The number of hydrogen-bond acceptors (Lipinski definition) is 3. The molecule has 0 saturated heterocycles. The first-order chi connectivity index (χ1) is 11.7. The lowest BCUT2D eigenvalue weighted by Crippen LogP contribution is -2.38. The minimum atomic E-state index is -2.85. The van der Waals surface area contributed by atoms with Crippen molar-refractivity contribution in [1.82, 2.24) is 15.1 Å². The van der Waals surface area contributed by atoms with E-state index in [1.807, 2.05) is 0 Å². The van der Waals surface area contributed by atoms with Gasteiger partial charge in [-0.1, -0.05) is 29.3 Å². The molecule has 0 aliphatic carbocycles. The van der Waals surface area contributed by atoms with Gasteiger partial charge in [0.15, 0.2) is 0 Å². The summed E-state index contributed by atoms with van der Waals surface area (Å²) in [6.07, 6.45) is -2.18. The molecule has 9 heteroatoms. The number of benzene rings is 1. The Balaban J connectivity index is 2.22. The van der Waals surface area contributed by atoms with E-state index in [1.54, 1.807) is 25.1 Å². The molecule has 0 spiro atoms. The van der Waals surface area contributed by atoms with E-state index in [4.69, 9.17) is 27.9 Å². The Morgan fingerprint density at radius 3 is 2.60 bits per heavy atom. The highest BCUT2D eigenvalue weighted by atomic mass is 35.5. The summed E-state index contributed by atoms with van der Waals surface area (Å²) in [5.41, 5.74) is -0.117. The third-order valence-electron chi connectivity index (χ3n) is 3.64. The fourth-order valence-corrected chi connectivity index (χ4v) is 3.05. The van der Waals surface area contributed by atoms with Crippen molar-refractivity contribution < 1.29 is 18.3 Å². The van der Waals surface area contributed by atoms with Gasteiger partial charge in [0, 0.05) is 36.0 Å². The molecule has 0 aliphatic heterocycles. The maximum Gasteiger partial charge on any atom is 0.282 e. The summed E-state index contributed by atoms with van der Waals surface area (Å²) >= 11 is 12.1. The van der Waals surface area contributed by atoms with Gasteiger partial charge < -0.3 is 10.1 Å². The highest BCUT2D eigenvalue weighted by Gasteiger charge is 2.27. The molecule has 0 saturated carbocycles. The Morgan fingerprint density at radius 2 is 2.04 bits per heavy atom. The number of carbonyl (C=O) groups excluding carboxylic acids is 1. The van der Waals surface area contributed by atoms with Crippen LogP contribution in [0.5, 0.6) is 0 Å². The topological polar surface area (TPSA) is 56.1 Å². The smallest absolute Gasteiger partial charge is 0.282 e. The van der Waals surface area contributed by atoms with Crippen LogP contribution < -0.4 is 5.32 Å². The predicted octanol–water partition coefficient (Wildman–Crippen LogP) is 4.17. The molecule has 1 aromatic carbocycles. The second-order valence-electron chi connectivity index (χ2n) is 5.49. The van der Waals surface area contributed by atoms with Gasteiger partial charge in [-0.3, -0.25) is 9.48 Å². The van der Waals surface area contributed by atoms with Gasteiger partial charge in [0.25, 0.3) is 12.3 Å². The number of nitrogens with one attached hydrogen (secondary N) is 1. The van der Waals surface area contributed by atoms with Gasteiger partial charge in [-0.25, -0.2) is 8.78 Å². The molecule has 1 heterocycles. The molecule has 1 unspecified atom stereocenters. The first kappa shape index (κ1) is 19.6. The Kier molecular flexibility index (Phi) is 6.37. The van der Waals surface area contributed by atoms with E-state index in [0.717, 1.165) is 0 Å². The molecule has 1 aromatic heterocycles. The molecule has 0 aliphatic rings. The monoisotopic (exact) mass is 391 g/mol. The SMILES string of the molecule is CO[C@H](c1ccc(Cl)cc1Cl)C(C)NC(=O)c1cn(C)nc1C(F)F. The highest BCUT2D eigenvalue weighted by Crippen LogP contribution is 2.30. The van der Waals surface area contributed by atoms with Crippen LogP contribution in [0.25, 0.3) is 0 Å². The second-order valence-corrected chi connectivity index (χ2v) is 6.33. The standard InChI is InChI=1S/C16H17Cl2F2N3O2/c1-8(14(25-3)10-5-4-9(17)6-12(10)18)21-16(24)11-7-23(2)22-13(11)15(19)20/h4-8,14-15H,1-3H3,(H,21,24)/t8?,14-/m0/s1. The number of amides is 1. The summed E-state index contributed by atoms with van der Waals surface area (Å²) in [6, 6.07) is 4.37. The number of alkyl halides is 2. The van der Waals surface area contributed by atoms with Crippen molar-refractivity contribution in [3.8, 4) is 0 Å². The van der Waals surface area contributed by atoms with E-state index >= 15 is 0 Å². The summed E-state index contributed by atoms with van der Waals surface area (Å²) in [6.45, 7) is 1.69. The fourth-order valence-electron chi connectivity index (χ4n) is 2.53. The normalized spacial score (nSPS) is 13.8. The van der Waals surface area contributed by atoms with Crippen LogP contribution in [0.3, 0.4) is 0 Å². The van der Waals surface area contributed by atoms with Gasteiger partial charge in [0.2, 0.25) is 0 Å². The van der Waals surface area contributed by atoms with Crippen molar-refractivity contribution in [2.24, 2.45) is 7.05 Å². The van der Waals surface area contributed by atoms with Crippen LogP contribution in [0.1, 0.15) is 41.1 Å². The Bertz CT molecular complexity index is 768. The van der Waals surface area contributed by atoms with E-state index in [-0.39, 0.29) is 5.56 Å². The molecular weight excluding hydrogens is 375 g/mol. The van der Waals surface area contributed by atoms with Crippen molar-refractivity contribution in [2.75, 3.05) is 7.11 Å². The maximum atomic E-state index is 13.0. The number of ether oxygens (including phenoxy) is 1. The van der Waals surface area contributed by atoms with Crippen molar-refractivity contribution >= 4 is 29.1 Å². The summed E-state index contributed by atoms with van der Waals surface area (Å²) in [5.74, 6) is -0.664. The number of hydrogen-bond donors (Lipinski definition) is 1. The Hall–Kier alpha value is -1.70. The van der Waals surface area contributed by atoms with Crippen molar-refractivity contribution in [2.45, 2.75) is 25.5 Å². The van der Waals surface area contributed by atoms with Gasteiger partial charge >= 0.3 is 0 Å². The summed E-state index contributed by atoms with van der Waals surface area (Å²) in [5, 5.41) is 7.13. The highest BCUT2D eigenvalue weighted by molar-refractivity contribution is 6.35. The number of aryl methyl sites for hydroxylation is 1. The molecule has 25 heavy (non-hydrogen) atoms. The predicted molar refractivity (Wildman–Crippen MR) is 91.3 cm³/mol. The Labute approximate surface area is 153 Å². The Morgan fingerprint density at radius 1 is 1.36 bits per heavy atom. The van der Waals surface area contributed by atoms with Crippen LogP contribution in [0.15, 0.2) is 24.4 Å². The minimum Gasteiger partial charge on any atom is -0.375 e. The zero-order chi connectivity index (χ0) is 18.7. The van der Waals surface area contributed by atoms with Crippen LogP contribution in [0.2, 0.25) is 10.0 Å². The number of aromatic nitrogens is 2. The van der Waals surface area contributed by atoms with Gasteiger partial charge in [0.05, 0.1) is 11.6 Å². The number of nitrogens with zero attached hydrogens (tertiary/aromatic N) is 2. The molecule has 5 nitrogen and oxygen atoms in total. The lowest BCUT2D eigenvalue weighted by molar-refractivity contribution is 0.0641. The van der Waals surface area contributed by atoms with Crippen LogP contribution in [0, 0.1) is 0 Å². The molecule has 1 N–H and O–H groups in total. The number of halogens is 4. The van der Waals surface area contributed by atoms with Gasteiger partial charge in [-0.15, -0.1) is 0 Å². The first-order valence-electron chi connectivity index (χ1n) is 7.34. The molecule has 0 fully saturated rings. The van der Waals surface area contributed by atoms with Crippen molar-refractivity contribution in [1.29, 1.82) is 0 Å². The van der Waals surface area contributed by atoms with Crippen LogP contribution in [0.4, 0.5) is 8.78 Å². The molecule has 0 bridgehead atoms. The van der Waals surface area contributed by atoms with Crippen LogP contribution >= 0.6 is 23.2 Å². The molecule has 2 rings (SSSR count). The number of rotatable bonds is 6. The average Bonchev–Trinajstić information content (AvgIpc) is 2.92. The molecular formula is C16H17Cl2F2N3O2. The quantitative estimate of drug-likeness (QED) is 0.803.